The SMILES string of the molecule is CCC1=C(c2ccc(Cl)c3ccsc23)N2CCN=C2S1. The minimum Gasteiger partial charge on any atom is -0.318 e. The standard InChI is InChI=1S/C15H13ClN2S2/c1-2-12-13(18-7-6-17-15(18)20-12)10-3-4-11(16)9-5-8-19-14(9)10/h3-5,8H,2,6-7H2,1H3. The molecule has 0 amide bonds. The number of aliphatic imine (C=N–C) groups is 1. The highest BCUT2D eigenvalue weighted by Gasteiger charge is 2.33. The normalized spacial score (nSPS) is 18.1. The van der Waals surface area contributed by atoms with Gasteiger partial charge in [-0.15, -0.1) is 11.3 Å². The summed E-state index contributed by atoms with van der Waals surface area (Å²) in [5, 5.41) is 5.28. The number of amidine groups is 1. The summed E-state index contributed by atoms with van der Waals surface area (Å²) in [5.74, 6) is 0. The lowest BCUT2D eigenvalue weighted by Crippen LogP contribution is -2.20. The van der Waals surface area contributed by atoms with E-state index in [0.29, 0.717) is 0 Å². The molecule has 2 aliphatic rings. The van der Waals surface area contributed by atoms with Crippen LogP contribution in [0.5, 0.6) is 0 Å². The van der Waals surface area contributed by atoms with Gasteiger partial charge in [-0.1, -0.05) is 30.3 Å². The van der Waals surface area contributed by atoms with Gasteiger partial charge < -0.3 is 4.90 Å². The number of halogens is 1. The van der Waals surface area contributed by atoms with E-state index < -0.39 is 0 Å². The second kappa shape index (κ2) is 4.79. The molecule has 0 bridgehead atoms. The fourth-order valence-corrected chi connectivity index (χ4v) is 5.12. The average molecular weight is 321 g/mol. The fraction of sp³-hybridized carbons (Fsp3) is 0.267. The van der Waals surface area contributed by atoms with Gasteiger partial charge in [-0.05, 0) is 30.0 Å². The van der Waals surface area contributed by atoms with Gasteiger partial charge in [0, 0.05) is 32.1 Å². The van der Waals surface area contributed by atoms with Crippen molar-refractivity contribution < 1.29 is 0 Å². The maximum Gasteiger partial charge on any atom is 0.168 e. The minimum absolute atomic E-state index is 0.838. The lowest BCUT2D eigenvalue weighted by Gasteiger charge is -2.18. The van der Waals surface area contributed by atoms with Gasteiger partial charge in [-0.25, -0.2) is 0 Å². The predicted octanol–water partition coefficient (Wildman–Crippen LogP) is 5.05. The molecule has 0 radical (unpaired) electrons. The van der Waals surface area contributed by atoms with Gasteiger partial charge in [0.15, 0.2) is 5.17 Å². The Hall–Kier alpha value is -0.970. The summed E-state index contributed by atoms with van der Waals surface area (Å²) >= 11 is 9.90. The first kappa shape index (κ1) is 12.7. The molecule has 0 N–H and O–H groups in total. The van der Waals surface area contributed by atoms with Crippen LogP contribution in [0.15, 0.2) is 33.5 Å². The molecule has 5 heteroatoms. The Labute approximate surface area is 131 Å². The molecule has 0 saturated carbocycles. The number of benzene rings is 1. The summed E-state index contributed by atoms with van der Waals surface area (Å²) in [5.41, 5.74) is 2.65. The monoisotopic (exact) mass is 320 g/mol. The summed E-state index contributed by atoms with van der Waals surface area (Å²) in [6, 6.07) is 6.29. The highest BCUT2D eigenvalue weighted by molar-refractivity contribution is 8.17. The number of thioether (sulfide) groups is 1. The Morgan fingerprint density at radius 3 is 3.10 bits per heavy atom. The number of hydrogen-bond acceptors (Lipinski definition) is 4. The highest BCUT2D eigenvalue weighted by Crippen LogP contribution is 2.46. The topological polar surface area (TPSA) is 15.6 Å². The number of fused-ring (bicyclic) bond motifs is 2. The Bertz CT molecular complexity index is 760. The van der Waals surface area contributed by atoms with Crippen molar-refractivity contribution in [3.63, 3.8) is 0 Å². The van der Waals surface area contributed by atoms with Gasteiger partial charge in [-0.3, -0.25) is 4.99 Å². The lowest BCUT2D eigenvalue weighted by atomic mass is 10.1. The van der Waals surface area contributed by atoms with Gasteiger partial charge >= 0.3 is 0 Å². The van der Waals surface area contributed by atoms with Crippen LogP contribution in [0.3, 0.4) is 0 Å². The Balaban J connectivity index is 1.96. The molecular weight excluding hydrogens is 308 g/mol. The predicted molar refractivity (Wildman–Crippen MR) is 90.6 cm³/mol. The first-order valence-corrected chi connectivity index (χ1v) is 8.76. The van der Waals surface area contributed by atoms with Crippen molar-refractivity contribution in [3.05, 3.63) is 39.1 Å². The van der Waals surface area contributed by atoms with E-state index in [2.05, 4.69) is 34.3 Å². The molecule has 0 unspecified atom stereocenters. The number of thiophene rings is 1. The largest absolute Gasteiger partial charge is 0.318 e. The average Bonchev–Trinajstić information content (AvgIpc) is 3.14. The molecule has 2 nitrogen and oxygen atoms in total. The zero-order valence-corrected chi connectivity index (χ0v) is 13.4. The van der Waals surface area contributed by atoms with E-state index in [1.54, 1.807) is 11.3 Å². The molecule has 0 fully saturated rings. The van der Waals surface area contributed by atoms with E-state index >= 15 is 0 Å². The lowest BCUT2D eigenvalue weighted by molar-refractivity contribution is 0.647. The third kappa shape index (κ3) is 1.75. The fourth-order valence-electron chi connectivity index (χ4n) is 2.78. The molecule has 0 spiro atoms. The zero-order chi connectivity index (χ0) is 13.7. The van der Waals surface area contributed by atoms with E-state index in [9.17, 15) is 0 Å². The molecule has 0 saturated heterocycles. The molecule has 20 heavy (non-hydrogen) atoms. The van der Waals surface area contributed by atoms with Crippen LogP contribution < -0.4 is 0 Å². The third-order valence-electron chi connectivity index (χ3n) is 3.69. The van der Waals surface area contributed by atoms with E-state index in [-0.39, 0.29) is 0 Å². The van der Waals surface area contributed by atoms with Crippen molar-refractivity contribution in [3.8, 4) is 0 Å². The van der Waals surface area contributed by atoms with Crippen LogP contribution in [0.2, 0.25) is 5.02 Å². The van der Waals surface area contributed by atoms with Crippen LogP contribution in [0.25, 0.3) is 15.8 Å². The second-order valence-corrected chi connectivity index (χ2v) is 7.19. The van der Waals surface area contributed by atoms with Gasteiger partial charge in [0.05, 0.1) is 12.2 Å². The summed E-state index contributed by atoms with van der Waals surface area (Å²) < 4.78 is 1.28. The first-order chi connectivity index (χ1) is 9.79. The number of hydrogen-bond donors (Lipinski definition) is 0. The van der Waals surface area contributed by atoms with Crippen LogP contribution in [-0.4, -0.2) is 23.2 Å². The maximum atomic E-state index is 6.31. The van der Waals surface area contributed by atoms with E-state index in [4.69, 9.17) is 11.6 Å². The molecule has 4 rings (SSSR count). The van der Waals surface area contributed by atoms with Crippen molar-refractivity contribution in [2.75, 3.05) is 13.1 Å². The van der Waals surface area contributed by atoms with Crippen LogP contribution in [0.4, 0.5) is 0 Å². The molecule has 1 aromatic heterocycles. The van der Waals surface area contributed by atoms with Crippen molar-refractivity contribution in [1.82, 2.24) is 4.90 Å². The smallest absolute Gasteiger partial charge is 0.168 e. The maximum absolute atomic E-state index is 6.31. The van der Waals surface area contributed by atoms with Crippen LogP contribution >= 0.6 is 34.7 Å². The molecule has 2 aliphatic heterocycles. The summed E-state index contributed by atoms with van der Waals surface area (Å²) in [6.07, 6.45) is 1.05. The Morgan fingerprint density at radius 2 is 2.25 bits per heavy atom. The number of nitrogens with zero attached hydrogens (tertiary/aromatic N) is 2. The van der Waals surface area contributed by atoms with Gasteiger partial charge in [-0.2, -0.15) is 0 Å². The molecule has 2 aromatic rings. The first-order valence-electron chi connectivity index (χ1n) is 6.68. The van der Waals surface area contributed by atoms with Gasteiger partial charge in [0.2, 0.25) is 0 Å². The highest BCUT2D eigenvalue weighted by atomic mass is 35.5. The quantitative estimate of drug-likeness (QED) is 0.769. The van der Waals surface area contributed by atoms with Crippen molar-refractivity contribution in [2.45, 2.75) is 13.3 Å². The second-order valence-electron chi connectivity index (χ2n) is 4.80. The molecule has 1 aromatic carbocycles. The van der Waals surface area contributed by atoms with E-state index in [1.807, 2.05) is 17.8 Å². The van der Waals surface area contributed by atoms with Crippen LogP contribution in [0.1, 0.15) is 18.9 Å². The van der Waals surface area contributed by atoms with Crippen LogP contribution in [0, 0.1) is 0 Å². The molecule has 102 valence electrons. The van der Waals surface area contributed by atoms with Crippen molar-refractivity contribution >= 4 is 55.7 Å². The number of allylic oxidation sites excluding steroid dienone is 1. The third-order valence-corrected chi connectivity index (χ3v) is 6.23. The summed E-state index contributed by atoms with van der Waals surface area (Å²) in [6.45, 7) is 4.12. The van der Waals surface area contributed by atoms with E-state index in [0.717, 1.165) is 35.1 Å². The number of rotatable bonds is 2. The van der Waals surface area contributed by atoms with Crippen molar-refractivity contribution in [1.29, 1.82) is 0 Å². The summed E-state index contributed by atoms with van der Waals surface area (Å²) in [7, 11) is 0. The zero-order valence-electron chi connectivity index (χ0n) is 11.0. The van der Waals surface area contributed by atoms with Crippen molar-refractivity contribution in [2.24, 2.45) is 4.99 Å². The molecule has 3 heterocycles. The molecular formula is C15H13ClN2S2. The van der Waals surface area contributed by atoms with E-state index in [1.165, 1.54) is 20.9 Å². The van der Waals surface area contributed by atoms with Gasteiger partial charge in [0.1, 0.15) is 0 Å². The Morgan fingerprint density at radius 1 is 1.35 bits per heavy atom. The summed E-state index contributed by atoms with van der Waals surface area (Å²) in [4.78, 5) is 8.38. The van der Waals surface area contributed by atoms with Gasteiger partial charge in [0.25, 0.3) is 0 Å². The molecule has 0 aliphatic carbocycles. The molecule has 0 atom stereocenters. The minimum atomic E-state index is 0.838. The Kier molecular flexibility index (Phi) is 3.05. The van der Waals surface area contributed by atoms with Crippen LogP contribution in [-0.2, 0) is 0 Å².